The number of amides is 1. The Morgan fingerprint density at radius 1 is 1.50 bits per heavy atom. The van der Waals surface area contributed by atoms with Crippen LogP contribution in [-0.2, 0) is 4.74 Å². The van der Waals surface area contributed by atoms with Gasteiger partial charge >= 0.3 is 6.09 Å². The standard InChI is InChI=1S/C8H15N2O2/c1-8(2,3)12-7(11)10-6-4-9-5-6/h6H,4-5H2,1-3H3,(H,10,11). The van der Waals surface area contributed by atoms with Gasteiger partial charge in [-0.15, -0.1) is 0 Å². The molecule has 0 unspecified atom stereocenters. The monoisotopic (exact) mass is 171 g/mol. The maximum atomic E-state index is 11.1. The fourth-order valence-electron chi connectivity index (χ4n) is 0.824. The topological polar surface area (TPSA) is 52.4 Å². The van der Waals surface area contributed by atoms with Gasteiger partial charge in [-0.2, -0.15) is 0 Å². The molecule has 1 amide bonds. The Hall–Kier alpha value is -0.770. The molecule has 1 radical (unpaired) electrons. The molecule has 0 saturated carbocycles. The summed E-state index contributed by atoms with van der Waals surface area (Å²) in [6, 6.07) is 0.194. The Morgan fingerprint density at radius 3 is 2.42 bits per heavy atom. The minimum Gasteiger partial charge on any atom is -0.444 e. The summed E-state index contributed by atoms with van der Waals surface area (Å²) in [5, 5.41) is 6.70. The molecule has 0 aromatic carbocycles. The summed E-state index contributed by atoms with van der Waals surface area (Å²) < 4.78 is 5.05. The number of hydrogen-bond donors (Lipinski definition) is 1. The van der Waals surface area contributed by atoms with Crippen LogP contribution in [0.4, 0.5) is 4.79 Å². The number of ether oxygens (including phenoxy) is 1. The van der Waals surface area contributed by atoms with Crippen LogP contribution in [0.3, 0.4) is 0 Å². The van der Waals surface area contributed by atoms with Gasteiger partial charge in [0.15, 0.2) is 0 Å². The lowest BCUT2D eigenvalue weighted by atomic mass is 10.2. The van der Waals surface area contributed by atoms with E-state index in [4.69, 9.17) is 4.74 Å². The molecule has 4 heteroatoms. The van der Waals surface area contributed by atoms with Crippen molar-refractivity contribution in [2.45, 2.75) is 32.4 Å². The molecule has 0 aromatic rings. The minimum absolute atomic E-state index is 0.194. The van der Waals surface area contributed by atoms with Crippen molar-refractivity contribution in [2.75, 3.05) is 13.1 Å². The SMILES string of the molecule is CC(C)(C)OC(=O)NC1C[N]C1. The Morgan fingerprint density at radius 2 is 2.08 bits per heavy atom. The third-order valence-electron chi connectivity index (χ3n) is 1.42. The number of carbonyl (C=O) groups excluding carboxylic acids is 1. The summed E-state index contributed by atoms with van der Waals surface area (Å²) in [6.45, 7) is 6.98. The molecule has 0 spiro atoms. The van der Waals surface area contributed by atoms with Crippen LogP contribution < -0.4 is 10.6 Å². The zero-order valence-electron chi connectivity index (χ0n) is 7.76. The smallest absolute Gasteiger partial charge is 0.407 e. The van der Waals surface area contributed by atoms with Crippen LogP contribution >= 0.6 is 0 Å². The van der Waals surface area contributed by atoms with E-state index in [1.54, 1.807) is 0 Å². The number of carbonyl (C=O) groups is 1. The molecular formula is C8H15N2O2. The van der Waals surface area contributed by atoms with Crippen LogP contribution in [0.15, 0.2) is 0 Å². The predicted molar refractivity (Wildman–Crippen MR) is 45.0 cm³/mol. The van der Waals surface area contributed by atoms with Gasteiger partial charge < -0.3 is 10.1 Å². The molecule has 12 heavy (non-hydrogen) atoms. The molecule has 69 valence electrons. The largest absolute Gasteiger partial charge is 0.444 e. The van der Waals surface area contributed by atoms with Gasteiger partial charge in [0.25, 0.3) is 0 Å². The second kappa shape index (κ2) is 3.31. The van der Waals surface area contributed by atoms with Crippen molar-refractivity contribution in [2.24, 2.45) is 0 Å². The number of hydrogen-bond acceptors (Lipinski definition) is 2. The van der Waals surface area contributed by atoms with E-state index in [1.165, 1.54) is 0 Å². The Balaban J connectivity index is 2.19. The lowest BCUT2D eigenvalue weighted by Gasteiger charge is -2.28. The molecule has 1 N–H and O–H groups in total. The molecule has 1 aliphatic heterocycles. The third kappa shape index (κ3) is 3.09. The van der Waals surface area contributed by atoms with Crippen molar-refractivity contribution in [3.8, 4) is 0 Å². The van der Waals surface area contributed by atoms with Crippen molar-refractivity contribution in [3.05, 3.63) is 0 Å². The van der Waals surface area contributed by atoms with E-state index in [0.29, 0.717) is 0 Å². The van der Waals surface area contributed by atoms with Gasteiger partial charge in [-0.05, 0) is 20.8 Å². The van der Waals surface area contributed by atoms with Gasteiger partial charge in [-0.1, -0.05) is 0 Å². The van der Waals surface area contributed by atoms with Gasteiger partial charge in [-0.25, -0.2) is 10.1 Å². The Labute approximate surface area is 72.7 Å². The van der Waals surface area contributed by atoms with Crippen LogP contribution in [0.5, 0.6) is 0 Å². The number of rotatable bonds is 1. The van der Waals surface area contributed by atoms with Crippen LogP contribution in [-0.4, -0.2) is 30.8 Å². The second-order valence-electron chi connectivity index (χ2n) is 3.93. The highest BCUT2D eigenvalue weighted by molar-refractivity contribution is 5.68. The average molecular weight is 171 g/mol. The van der Waals surface area contributed by atoms with Gasteiger partial charge in [0.2, 0.25) is 0 Å². The molecule has 1 aliphatic rings. The first kappa shape index (κ1) is 9.32. The van der Waals surface area contributed by atoms with Crippen LogP contribution in [0.1, 0.15) is 20.8 Å². The quantitative estimate of drug-likeness (QED) is 0.624. The average Bonchev–Trinajstić information content (AvgIpc) is 1.74. The first-order valence-corrected chi connectivity index (χ1v) is 4.10. The fraction of sp³-hybridized carbons (Fsp3) is 0.875. The van der Waals surface area contributed by atoms with Gasteiger partial charge in [-0.3, -0.25) is 0 Å². The van der Waals surface area contributed by atoms with Crippen molar-refractivity contribution in [3.63, 3.8) is 0 Å². The van der Waals surface area contributed by atoms with E-state index in [9.17, 15) is 4.79 Å². The van der Waals surface area contributed by atoms with E-state index in [1.807, 2.05) is 20.8 Å². The van der Waals surface area contributed by atoms with E-state index in [2.05, 4.69) is 10.6 Å². The highest BCUT2D eigenvalue weighted by Crippen LogP contribution is 2.07. The third-order valence-corrected chi connectivity index (χ3v) is 1.42. The van der Waals surface area contributed by atoms with Crippen LogP contribution in [0.2, 0.25) is 0 Å². The summed E-state index contributed by atoms with van der Waals surface area (Å²) >= 11 is 0. The second-order valence-corrected chi connectivity index (χ2v) is 3.93. The lowest BCUT2D eigenvalue weighted by molar-refractivity contribution is 0.0487. The Kier molecular flexibility index (Phi) is 2.57. The zero-order chi connectivity index (χ0) is 9.19. The normalized spacial score (nSPS) is 18.2. The summed E-state index contributed by atoms with van der Waals surface area (Å²) in [5.41, 5.74) is -0.412. The van der Waals surface area contributed by atoms with Crippen molar-refractivity contribution >= 4 is 6.09 Å². The van der Waals surface area contributed by atoms with Crippen molar-refractivity contribution < 1.29 is 9.53 Å². The molecule has 4 nitrogen and oxygen atoms in total. The first-order valence-electron chi connectivity index (χ1n) is 4.10. The van der Waals surface area contributed by atoms with E-state index >= 15 is 0 Å². The van der Waals surface area contributed by atoms with E-state index < -0.39 is 5.60 Å². The van der Waals surface area contributed by atoms with E-state index in [0.717, 1.165) is 13.1 Å². The Bertz CT molecular complexity index is 170. The summed E-state index contributed by atoms with van der Waals surface area (Å²) in [6.07, 6.45) is -0.345. The van der Waals surface area contributed by atoms with Gasteiger partial charge in [0, 0.05) is 13.1 Å². The summed E-state index contributed by atoms with van der Waals surface area (Å²) in [7, 11) is 0. The summed E-state index contributed by atoms with van der Waals surface area (Å²) in [4.78, 5) is 11.1. The molecule has 0 bridgehead atoms. The molecule has 1 heterocycles. The van der Waals surface area contributed by atoms with Crippen molar-refractivity contribution in [1.29, 1.82) is 0 Å². The molecule has 1 rings (SSSR count). The van der Waals surface area contributed by atoms with E-state index in [-0.39, 0.29) is 12.1 Å². The minimum atomic E-state index is -0.412. The zero-order valence-corrected chi connectivity index (χ0v) is 7.76. The number of nitrogens with zero attached hydrogens (tertiary/aromatic N) is 1. The maximum absolute atomic E-state index is 11.1. The first-order chi connectivity index (χ1) is 5.47. The molecule has 0 aromatic heterocycles. The highest BCUT2D eigenvalue weighted by atomic mass is 16.6. The van der Waals surface area contributed by atoms with Crippen LogP contribution in [0, 0.1) is 0 Å². The fourth-order valence-corrected chi connectivity index (χ4v) is 0.824. The van der Waals surface area contributed by atoms with Crippen molar-refractivity contribution in [1.82, 2.24) is 10.6 Å². The van der Waals surface area contributed by atoms with Crippen LogP contribution in [0.25, 0.3) is 0 Å². The lowest BCUT2D eigenvalue weighted by Crippen LogP contribution is -2.54. The van der Waals surface area contributed by atoms with Gasteiger partial charge in [0.05, 0.1) is 6.04 Å². The molecule has 1 saturated heterocycles. The van der Waals surface area contributed by atoms with Gasteiger partial charge in [0.1, 0.15) is 5.60 Å². The molecule has 0 atom stereocenters. The molecule has 0 aliphatic carbocycles. The highest BCUT2D eigenvalue weighted by Gasteiger charge is 2.23. The maximum Gasteiger partial charge on any atom is 0.407 e. The number of nitrogens with one attached hydrogen (secondary N) is 1. The number of alkyl carbamates (subject to hydrolysis) is 1. The summed E-state index contributed by atoms with van der Waals surface area (Å²) in [5.74, 6) is 0. The predicted octanol–water partition coefficient (Wildman–Crippen LogP) is 0.498. The molecular weight excluding hydrogens is 156 g/mol. The molecule has 1 fully saturated rings.